The van der Waals surface area contributed by atoms with Crippen molar-refractivity contribution in [3.63, 3.8) is 0 Å². The van der Waals surface area contributed by atoms with Crippen molar-refractivity contribution >= 4 is 11.8 Å². The van der Waals surface area contributed by atoms with Gasteiger partial charge in [-0.3, -0.25) is 9.59 Å². The summed E-state index contributed by atoms with van der Waals surface area (Å²) in [7, 11) is 0. The second kappa shape index (κ2) is 5.94. The highest BCUT2D eigenvalue weighted by atomic mass is 16.5. The molecular weight excluding hydrogens is 316 g/mol. The van der Waals surface area contributed by atoms with E-state index >= 15 is 0 Å². The lowest BCUT2D eigenvalue weighted by molar-refractivity contribution is -0.167. The van der Waals surface area contributed by atoms with Gasteiger partial charge in [-0.2, -0.15) is 0 Å². The Morgan fingerprint density at radius 3 is 2.80 bits per heavy atom. The summed E-state index contributed by atoms with van der Waals surface area (Å²) in [6, 6.07) is 0. The highest BCUT2D eigenvalue weighted by molar-refractivity contribution is 5.91. The third kappa shape index (κ3) is 2.51. The first kappa shape index (κ1) is 17.3. The third-order valence-electron chi connectivity index (χ3n) is 8.07. The van der Waals surface area contributed by atoms with Gasteiger partial charge < -0.3 is 9.84 Å². The van der Waals surface area contributed by atoms with Crippen LogP contribution in [0.1, 0.15) is 65.2 Å². The van der Waals surface area contributed by atoms with Crippen molar-refractivity contribution in [1.29, 1.82) is 0 Å². The van der Waals surface area contributed by atoms with Crippen molar-refractivity contribution in [3.05, 3.63) is 11.6 Å². The SMILES string of the molecule is CC(=O)OC1CC2=CC(=O)CC[C@]2(CO)[C@@H]2CC[C@]3(C)CCC[C@H]3[C@H]12. The van der Waals surface area contributed by atoms with Crippen LogP contribution in [0.2, 0.25) is 0 Å². The summed E-state index contributed by atoms with van der Waals surface area (Å²) in [6.07, 6.45) is 9.52. The molecule has 0 spiro atoms. The van der Waals surface area contributed by atoms with Gasteiger partial charge in [0.1, 0.15) is 6.10 Å². The van der Waals surface area contributed by atoms with Crippen molar-refractivity contribution in [3.8, 4) is 0 Å². The van der Waals surface area contributed by atoms with Crippen molar-refractivity contribution in [2.24, 2.45) is 28.6 Å². The van der Waals surface area contributed by atoms with E-state index in [1.54, 1.807) is 6.08 Å². The molecule has 4 heteroatoms. The van der Waals surface area contributed by atoms with Crippen LogP contribution in [0.5, 0.6) is 0 Å². The molecule has 0 aromatic heterocycles. The van der Waals surface area contributed by atoms with Gasteiger partial charge in [-0.1, -0.05) is 18.9 Å². The van der Waals surface area contributed by atoms with Crippen molar-refractivity contribution in [2.45, 2.75) is 71.3 Å². The Hall–Kier alpha value is -1.16. The van der Waals surface area contributed by atoms with Crippen LogP contribution in [0.3, 0.4) is 0 Å². The molecule has 0 heterocycles. The fourth-order valence-corrected chi connectivity index (χ4v) is 6.93. The fraction of sp³-hybridized carbons (Fsp3) is 0.810. The molecule has 4 rings (SSSR count). The molecule has 1 N–H and O–H groups in total. The second-order valence-electron chi connectivity index (χ2n) is 9.18. The van der Waals surface area contributed by atoms with E-state index in [1.807, 2.05) is 0 Å². The van der Waals surface area contributed by atoms with Crippen LogP contribution in [0.15, 0.2) is 11.6 Å². The molecule has 4 aliphatic rings. The number of ether oxygens (including phenoxy) is 1. The maximum Gasteiger partial charge on any atom is 0.302 e. The molecule has 4 aliphatic carbocycles. The van der Waals surface area contributed by atoms with Crippen molar-refractivity contribution in [1.82, 2.24) is 0 Å². The minimum absolute atomic E-state index is 0.115. The molecule has 0 aromatic rings. The maximum atomic E-state index is 12.0. The van der Waals surface area contributed by atoms with Gasteiger partial charge in [-0.25, -0.2) is 0 Å². The summed E-state index contributed by atoms with van der Waals surface area (Å²) >= 11 is 0. The molecule has 0 amide bonds. The van der Waals surface area contributed by atoms with E-state index in [-0.39, 0.29) is 29.9 Å². The second-order valence-corrected chi connectivity index (χ2v) is 9.18. The number of rotatable bonds is 2. The number of esters is 1. The van der Waals surface area contributed by atoms with Crippen LogP contribution in [0, 0.1) is 28.6 Å². The Morgan fingerprint density at radius 1 is 1.28 bits per heavy atom. The largest absolute Gasteiger partial charge is 0.462 e. The lowest BCUT2D eigenvalue weighted by atomic mass is 9.46. The number of carbonyl (C=O) groups is 2. The summed E-state index contributed by atoms with van der Waals surface area (Å²) in [5.74, 6) is 1.14. The smallest absolute Gasteiger partial charge is 0.302 e. The number of aliphatic hydroxyl groups excluding tert-OH is 1. The van der Waals surface area contributed by atoms with Crippen LogP contribution >= 0.6 is 0 Å². The molecule has 3 fully saturated rings. The average molecular weight is 346 g/mol. The van der Waals surface area contributed by atoms with E-state index in [0.717, 1.165) is 18.4 Å². The van der Waals surface area contributed by atoms with E-state index in [9.17, 15) is 14.7 Å². The van der Waals surface area contributed by atoms with Gasteiger partial charge in [-0.15, -0.1) is 0 Å². The molecule has 0 radical (unpaired) electrons. The molecule has 138 valence electrons. The summed E-state index contributed by atoms with van der Waals surface area (Å²) in [4.78, 5) is 23.8. The summed E-state index contributed by atoms with van der Waals surface area (Å²) in [6.45, 7) is 4.01. The zero-order chi connectivity index (χ0) is 17.8. The highest BCUT2D eigenvalue weighted by Gasteiger charge is 2.61. The van der Waals surface area contributed by atoms with Crippen LogP contribution in [0.25, 0.3) is 0 Å². The number of fused-ring (bicyclic) bond motifs is 5. The van der Waals surface area contributed by atoms with Gasteiger partial charge in [0.15, 0.2) is 5.78 Å². The quantitative estimate of drug-likeness (QED) is 0.778. The van der Waals surface area contributed by atoms with Gasteiger partial charge in [0.2, 0.25) is 0 Å². The van der Waals surface area contributed by atoms with E-state index in [4.69, 9.17) is 4.74 Å². The minimum atomic E-state index is -0.265. The minimum Gasteiger partial charge on any atom is -0.462 e. The monoisotopic (exact) mass is 346 g/mol. The Balaban J connectivity index is 1.78. The Bertz CT molecular complexity index is 623. The van der Waals surface area contributed by atoms with Crippen LogP contribution < -0.4 is 0 Å². The van der Waals surface area contributed by atoms with E-state index in [1.165, 1.54) is 32.6 Å². The molecule has 3 saturated carbocycles. The van der Waals surface area contributed by atoms with Crippen molar-refractivity contribution in [2.75, 3.05) is 6.61 Å². The zero-order valence-electron chi connectivity index (χ0n) is 15.4. The number of hydrogen-bond acceptors (Lipinski definition) is 4. The van der Waals surface area contributed by atoms with Gasteiger partial charge >= 0.3 is 5.97 Å². The lowest BCUT2D eigenvalue weighted by Crippen LogP contribution is -2.57. The number of hydrogen-bond donors (Lipinski definition) is 1. The maximum absolute atomic E-state index is 12.0. The molecule has 4 nitrogen and oxygen atoms in total. The Kier molecular flexibility index (Phi) is 4.10. The van der Waals surface area contributed by atoms with Gasteiger partial charge in [-0.05, 0) is 55.4 Å². The first-order valence-electron chi connectivity index (χ1n) is 9.92. The number of ketones is 1. The standard InChI is InChI=1S/C21H30O4/c1-13(23)25-18-11-14-10-15(24)5-9-21(14,12-22)17-6-8-20(2)7-3-4-16(20)19(17)18/h10,16-19,22H,3-9,11-12H2,1-2H3/t16-,17+,18?,19-,20-,21+/m0/s1. The average Bonchev–Trinajstić information content (AvgIpc) is 2.95. The summed E-state index contributed by atoms with van der Waals surface area (Å²) < 4.78 is 5.81. The normalized spacial score (nSPS) is 45.9. The predicted molar refractivity (Wildman–Crippen MR) is 93.7 cm³/mol. The molecular formula is C21H30O4. The van der Waals surface area contributed by atoms with Crippen LogP contribution in [-0.2, 0) is 14.3 Å². The highest BCUT2D eigenvalue weighted by Crippen LogP contribution is 2.65. The molecule has 0 aliphatic heterocycles. The molecule has 6 atom stereocenters. The topological polar surface area (TPSA) is 63.6 Å². The Morgan fingerprint density at radius 2 is 2.08 bits per heavy atom. The van der Waals surface area contributed by atoms with Gasteiger partial charge in [0.05, 0.1) is 6.61 Å². The molecule has 1 unspecified atom stereocenters. The first-order chi connectivity index (χ1) is 11.9. The zero-order valence-corrected chi connectivity index (χ0v) is 15.4. The lowest BCUT2D eigenvalue weighted by Gasteiger charge is -2.59. The summed E-state index contributed by atoms with van der Waals surface area (Å²) in [5, 5.41) is 10.4. The van der Waals surface area contributed by atoms with Gasteiger partial charge in [0.25, 0.3) is 0 Å². The predicted octanol–water partition coefficient (Wildman–Crippen LogP) is 3.42. The van der Waals surface area contributed by atoms with Gasteiger partial charge in [0, 0.05) is 31.1 Å². The molecule has 0 aromatic carbocycles. The summed E-state index contributed by atoms with van der Waals surface area (Å²) in [5.41, 5.74) is 1.13. The van der Waals surface area contributed by atoms with Crippen molar-refractivity contribution < 1.29 is 19.4 Å². The molecule has 0 saturated heterocycles. The fourth-order valence-electron chi connectivity index (χ4n) is 6.93. The number of carbonyl (C=O) groups excluding carboxylic acids is 2. The van der Waals surface area contributed by atoms with Crippen LogP contribution in [0.4, 0.5) is 0 Å². The first-order valence-corrected chi connectivity index (χ1v) is 9.92. The van der Waals surface area contributed by atoms with Crippen LogP contribution in [-0.4, -0.2) is 29.6 Å². The molecule has 25 heavy (non-hydrogen) atoms. The van der Waals surface area contributed by atoms with E-state index in [0.29, 0.717) is 36.0 Å². The van der Waals surface area contributed by atoms with E-state index in [2.05, 4.69) is 6.92 Å². The Labute approximate surface area is 150 Å². The van der Waals surface area contributed by atoms with E-state index < -0.39 is 0 Å². The third-order valence-corrected chi connectivity index (χ3v) is 8.07. The number of aliphatic hydroxyl groups is 1. The molecule has 0 bridgehead atoms.